The lowest BCUT2D eigenvalue weighted by molar-refractivity contribution is -0.155. The highest BCUT2D eigenvalue weighted by atomic mass is 16.6. The fourth-order valence-corrected chi connectivity index (χ4v) is 3.68. The first-order chi connectivity index (χ1) is 21.1. The van der Waals surface area contributed by atoms with Crippen LogP contribution in [0.15, 0.2) is 0 Å². The van der Waals surface area contributed by atoms with Gasteiger partial charge in [-0.1, -0.05) is 0 Å². The predicted molar refractivity (Wildman–Crippen MR) is 159 cm³/mol. The van der Waals surface area contributed by atoms with E-state index in [1.807, 2.05) is 0 Å². The van der Waals surface area contributed by atoms with Crippen LogP contribution in [-0.4, -0.2) is 127 Å². The van der Waals surface area contributed by atoms with Crippen molar-refractivity contribution in [3.63, 3.8) is 0 Å². The van der Waals surface area contributed by atoms with Crippen molar-refractivity contribution in [2.45, 2.75) is 128 Å². The number of hydrogen-bond donors (Lipinski definition) is 10. The van der Waals surface area contributed by atoms with Gasteiger partial charge < -0.3 is 61.4 Å². The van der Waals surface area contributed by atoms with Crippen molar-refractivity contribution in [3.05, 3.63) is 0 Å². The summed E-state index contributed by atoms with van der Waals surface area (Å²) in [5, 5.41) is 68.0. The van der Waals surface area contributed by atoms with Crippen molar-refractivity contribution < 1.29 is 68.9 Å². The molecule has 0 aliphatic heterocycles. The molecular formula is C28H50N4O14. The number of carboxylic acids is 2. The molecule has 0 unspecified atom stereocenters. The molecule has 0 rings (SSSR count). The molecule has 0 aromatic rings. The van der Waals surface area contributed by atoms with Crippen LogP contribution in [0.1, 0.15) is 80.1 Å². The van der Waals surface area contributed by atoms with Gasteiger partial charge in [-0.25, -0.2) is 19.2 Å². The lowest BCUT2D eigenvalue weighted by Crippen LogP contribution is -2.54. The second-order valence-corrected chi connectivity index (χ2v) is 12.5. The standard InChI is InChI=1S/C28H50N4O14/c1-27(2,3)45-25(43)31-15(23(39)40)11-7-9-13-29-21(37)19(35)17(33)18(34)20(36)22(38)30-14-10-8-12-16(24(41)42)32-26(44)46-28(4,5)6/h15-20,33-36H,7-14H2,1-6H3,(H,29,37)(H,30,38)(H,31,43)(H,32,44)(H,39,40)(H,41,42)/t15-,16-,17-,18-,19-,20+/m0/s1. The van der Waals surface area contributed by atoms with E-state index >= 15 is 0 Å². The maximum absolute atomic E-state index is 12.2. The molecule has 4 amide bonds. The minimum Gasteiger partial charge on any atom is -0.480 e. The lowest BCUT2D eigenvalue weighted by atomic mass is 10.0. The van der Waals surface area contributed by atoms with Gasteiger partial charge >= 0.3 is 24.1 Å². The van der Waals surface area contributed by atoms with Crippen molar-refractivity contribution in [1.29, 1.82) is 0 Å². The summed E-state index contributed by atoms with van der Waals surface area (Å²) >= 11 is 0. The van der Waals surface area contributed by atoms with Gasteiger partial charge in [0.2, 0.25) is 0 Å². The minimum atomic E-state index is -2.26. The van der Waals surface area contributed by atoms with Crippen LogP contribution in [0, 0.1) is 0 Å². The summed E-state index contributed by atoms with van der Waals surface area (Å²) in [5.41, 5.74) is -1.65. The number of alkyl carbamates (subject to hydrolysis) is 2. The smallest absolute Gasteiger partial charge is 0.408 e. The van der Waals surface area contributed by atoms with Crippen LogP contribution in [-0.2, 0) is 28.7 Å². The Labute approximate surface area is 267 Å². The number of carbonyl (C=O) groups is 6. The number of aliphatic hydroxyl groups is 4. The second-order valence-electron chi connectivity index (χ2n) is 12.5. The van der Waals surface area contributed by atoms with Crippen molar-refractivity contribution in [2.75, 3.05) is 13.1 Å². The zero-order valence-electron chi connectivity index (χ0n) is 27.1. The molecule has 18 nitrogen and oxygen atoms in total. The molecule has 6 atom stereocenters. The Morgan fingerprint density at radius 3 is 1.13 bits per heavy atom. The molecule has 46 heavy (non-hydrogen) atoms. The summed E-state index contributed by atoms with van der Waals surface area (Å²) in [4.78, 5) is 70.8. The first-order valence-electron chi connectivity index (χ1n) is 14.8. The van der Waals surface area contributed by atoms with Gasteiger partial charge in [0.1, 0.15) is 35.5 Å². The average Bonchev–Trinajstić information content (AvgIpc) is 2.91. The van der Waals surface area contributed by atoms with Crippen molar-refractivity contribution in [2.24, 2.45) is 0 Å². The summed E-state index contributed by atoms with van der Waals surface area (Å²) in [5.74, 6) is -4.84. The monoisotopic (exact) mass is 666 g/mol. The van der Waals surface area contributed by atoms with Gasteiger partial charge in [-0.15, -0.1) is 0 Å². The lowest BCUT2D eigenvalue weighted by Gasteiger charge is -2.25. The topological polar surface area (TPSA) is 290 Å². The highest BCUT2D eigenvalue weighted by molar-refractivity contribution is 5.83. The van der Waals surface area contributed by atoms with E-state index < -0.39 is 83.6 Å². The van der Waals surface area contributed by atoms with Crippen molar-refractivity contribution in [3.8, 4) is 0 Å². The number of rotatable bonds is 19. The molecule has 0 bridgehead atoms. The molecule has 0 radical (unpaired) electrons. The molecule has 10 N–H and O–H groups in total. The summed E-state index contributed by atoms with van der Waals surface area (Å²) in [6.07, 6.45) is -9.91. The number of aliphatic carboxylic acids is 2. The maximum atomic E-state index is 12.2. The number of carbonyl (C=O) groups excluding carboxylic acids is 4. The predicted octanol–water partition coefficient (Wildman–Crippen LogP) is -1.04. The first-order valence-corrected chi connectivity index (χ1v) is 14.8. The second kappa shape index (κ2) is 19.7. The Bertz CT molecular complexity index is 947. The fourth-order valence-electron chi connectivity index (χ4n) is 3.68. The van der Waals surface area contributed by atoms with Gasteiger partial charge in [0.15, 0.2) is 12.2 Å². The van der Waals surface area contributed by atoms with Crippen LogP contribution in [0.4, 0.5) is 9.59 Å². The summed E-state index contributed by atoms with van der Waals surface area (Å²) < 4.78 is 10.0. The summed E-state index contributed by atoms with van der Waals surface area (Å²) in [6, 6.07) is -2.49. The third-order valence-electron chi connectivity index (χ3n) is 5.95. The van der Waals surface area contributed by atoms with Gasteiger partial charge in [-0.3, -0.25) is 9.59 Å². The van der Waals surface area contributed by atoms with Crippen LogP contribution >= 0.6 is 0 Å². The molecule has 0 fully saturated rings. The number of hydrogen-bond acceptors (Lipinski definition) is 12. The van der Waals surface area contributed by atoms with Gasteiger partial charge in [0, 0.05) is 13.1 Å². The van der Waals surface area contributed by atoms with Crippen LogP contribution in [0.25, 0.3) is 0 Å². The number of unbranched alkanes of at least 4 members (excludes halogenated alkanes) is 2. The number of ether oxygens (including phenoxy) is 2. The molecule has 0 aliphatic carbocycles. The minimum absolute atomic E-state index is 0.00124. The highest BCUT2D eigenvalue weighted by Crippen LogP contribution is 2.11. The average molecular weight is 667 g/mol. The normalized spacial score (nSPS) is 15.6. The molecule has 0 heterocycles. The van der Waals surface area contributed by atoms with E-state index in [9.17, 15) is 59.4 Å². The Morgan fingerprint density at radius 2 is 0.870 bits per heavy atom. The van der Waals surface area contributed by atoms with E-state index in [0.717, 1.165) is 0 Å². The molecule has 0 saturated carbocycles. The van der Waals surface area contributed by atoms with Gasteiger partial charge in [0.25, 0.3) is 11.8 Å². The zero-order chi connectivity index (χ0) is 35.8. The number of nitrogens with one attached hydrogen (secondary N) is 4. The van der Waals surface area contributed by atoms with Gasteiger partial charge in [-0.2, -0.15) is 0 Å². The van der Waals surface area contributed by atoms with Crippen LogP contribution < -0.4 is 21.3 Å². The third-order valence-corrected chi connectivity index (χ3v) is 5.95. The summed E-state index contributed by atoms with van der Waals surface area (Å²) in [6.45, 7) is 9.56. The van der Waals surface area contributed by atoms with E-state index in [2.05, 4.69) is 21.3 Å². The van der Waals surface area contributed by atoms with Crippen LogP contribution in [0.3, 0.4) is 0 Å². The van der Waals surface area contributed by atoms with E-state index in [1.165, 1.54) is 0 Å². The molecule has 0 aromatic heterocycles. The van der Waals surface area contributed by atoms with Gasteiger partial charge in [-0.05, 0) is 80.1 Å². The molecule has 18 heteroatoms. The van der Waals surface area contributed by atoms with E-state index in [4.69, 9.17) is 9.47 Å². The molecule has 0 aromatic carbocycles. The Balaban J connectivity index is 4.55. The molecular weight excluding hydrogens is 616 g/mol. The Morgan fingerprint density at radius 1 is 0.565 bits per heavy atom. The number of carboxylic acid groups (broad SMARTS) is 2. The fraction of sp³-hybridized carbons (Fsp3) is 0.786. The SMILES string of the molecule is CC(C)(C)OC(=O)N[C@@H](CCCCNC(=O)[C@@H](O)[C@@H](O)[C@H](O)[C@@H](O)C(=O)NCCCC[C@H](NC(=O)OC(C)(C)C)C(=O)O)C(=O)O. The molecule has 0 spiro atoms. The van der Waals surface area contributed by atoms with Gasteiger partial charge in [0.05, 0.1) is 0 Å². The maximum Gasteiger partial charge on any atom is 0.408 e. The Kier molecular flexibility index (Phi) is 18.1. The highest BCUT2D eigenvalue weighted by Gasteiger charge is 2.37. The van der Waals surface area contributed by atoms with Crippen molar-refractivity contribution in [1.82, 2.24) is 21.3 Å². The van der Waals surface area contributed by atoms with Crippen LogP contribution in [0.5, 0.6) is 0 Å². The Hall–Kier alpha value is -3.74. The van der Waals surface area contributed by atoms with E-state index in [-0.39, 0.29) is 51.6 Å². The zero-order valence-corrected chi connectivity index (χ0v) is 27.1. The number of aliphatic hydroxyl groups excluding tert-OH is 4. The van der Waals surface area contributed by atoms with Crippen LogP contribution in [0.2, 0.25) is 0 Å². The largest absolute Gasteiger partial charge is 0.480 e. The molecule has 266 valence electrons. The third kappa shape index (κ3) is 18.3. The first kappa shape index (κ1) is 42.3. The summed E-state index contributed by atoms with van der Waals surface area (Å²) in [7, 11) is 0. The molecule has 0 aliphatic rings. The van der Waals surface area contributed by atoms with E-state index in [1.54, 1.807) is 41.5 Å². The quantitative estimate of drug-likeness (QED) is 0.0737. The van der Waals surface area contributed by atoms with Crippen molar-refractivity contribution >= 4 is 35.9 Å². The van der Waals surface area contributed by atoms with E-state index in [0.29, 0.717) is 0 Å². The molecule has 0 saturated heterocycles. The number of amides is 4.